The molecule has 0 radical (unpaired) electrons. The second-order valence-corrected chi connectivity index (χ2v) is 23.6. The molecule has 1 rings (SSSR count). The van der Waals surface area contributed by atoms with Gasteiger partial charge in [0.1, 0.15) is 24.4 Å². The molecule has 0 aliphatic carbocycles. The van der Waals surface area contributed by atoms with Crippen molar-refractivity contribution in [1.29, 1.82) is 0 Å². The summed E-state index contributed by atoms with van der Waals surface area (Å²) in [5.74, 6) is -1.18. The van der Waals surface area contributed by atoms with E-state index in [2.05, 4.69) is 50.4 Å². The molecule has 1 fully saturated rings. The van der Waals surface area contributed by atoms with Crippen LogP contribution in [-0.4, -0.2) is 99.6 Å². The van der Waals surface area contributed by atoms with Gasteiger partial charge in [0.05, 0.1) is 25.4 Å². The number of aliphatic hydroxyl groups excluding tert-OH is 5. The van der Waals surface area contributed by atoms with Crippen LogP contribution in [0.4, 0.5) is 0 Å². The van der Waals surface area contributed by atoms with Crippen molar-refractivity contribution in [2.24, 2.45) is 0 Å². The number of hydrogen-bond acceptors (Lipinski definition) is 10. The first kappa shape index (κ1) is 74.9. The fourth-order valence-electron chi connectivity index (χ4n) is 10.7. The van der Waals surface area contributed by atoms with Crippen molar-refractivity contribution in [3.8, 4) is 0 Å². The molecule has 0 spiro atoms. The summed E-state index contributed by atoms with van der Waals surface area (Å²) in [5.41, 5.74) is 0. The molecule has 8 atom stereocenters. The molecule has 8 unspecified atom stereocenters. The molecule has 11 heteroatoms. The molecule has 1 amide bonds. The third kappa shape index (κ3) is 44.1. The topological polar surface area (TPSA) is 175 Å². The lowest BCUT2D eigenvalue weighted by Crippen LogP contribution is -2.61. The third-order valence-corrected chi connectivity index (χ3v) is 16.0. The second-order valence-electron chi connectivity index (χ2n) is 23.6. The van der Waals surface area contributed by atoms with E-state index < -0.39 is 67.4 Å². The molecule has 11 nitrogen and oxygen atoms in total. The maximum atomic E-state index is 13.4. The lowest BCUT2D eigenvalue weighted by molar-refractivity contribution is -0.305. The van der Waals surface area contributed by atoms with E-state index in [9.17, 15) is 35.1 Å². The normalized spacial score (nSPS) is 19.0. The van der Waals surface area contributed by atoms with Gasteiger partial charge in [0.2, 0.25) is 5.91 Å². The van der Waals surface area contributed by atoms with Crippen LogP contribution >= 0.6 is 0 Å². The monoisotopic (exact) mass is 1120 g/mol. The zero-order valence-electron chi connectivity index (χ0n) is 51.5. The third-order valence-electron chi connectivity index (χ3n) is 16.0. The van der Waals surface area contributed by atoms with E-state index in [0.29, 0.717) is 19.3 Å². The number of amides is 1. The van der Waals surface area contributed by atoms with Crippen molar-refractivity contribution in [2.75, 3.05) is 13.2 Å². The first-order chi connectivity index (χ1) is 38.7. The van der Waals surface area contributed by atoms with Gasteiger partial charge in [-0.25, -0.2) is 0 Å². The average Bonchev–Trinajstić information content (AvgIpc) is 3.48. The minimum Gasteiger partial charge on any atom is -0.454 e. The summed E-state index contributed by atoms with van der Waals surface area (Å²) in [7, 11) is 0. The van der Waals surface area contributed by atoms with Gasteiger partial charge in [-0.15, -0.1) is 0 Å². The first-order valence-electron chi connectivity index (χ1n) is 33.8. The number of hydrogen-bond donors (Lipinski definition) is 6. The highest BCUT2D eigenvalue weighted by Gasteiger charge is 2.47. The van der Waals surface area contributed by atoms with E-state index in [1.54, 1.807) is 6.08 Å². The predicted molar refractivity (Wildman–Crippen MR) is 329 cm³/mol. The second kappa shape index (κ2) is 56.4. The van der Waals surface area contributed by atoms with Gasteiger partial charge in [0.25, 0.3) is 0 Å². The number of unbranched alkanes of at least 4 members (excludes halogenated alkanes) is 40. The minimum atomic E-state index is -1.61. The highest BCUT2D eigenvalue weighted by atomic mass is 16.7. The number of carbonyl (C=O) groups excluding carboxylic acids is 2. The molecule has 0 aromatic heterocycles. The smallest absolute Gasteiger partial charge is 0.306 e. The molecule has 0 aromatic carbocycles. The number of nitrogens with one attached hydrogen (secondary N) is 1. The number of esters is 1. The molecule has 0 saturated carbocycles. The van der Waals surface area contributed by atoms with E-state index in [4.69, 9.17) is 14.2 Å². The first-order valence-corrected chi connectivity index (χ1v) is 33.8. The van der Waals surface area contributed by atoms with E-state index in [1.807, 2.05) is 6.08 Å². The van der Waals surface area contributed by atoms with Gasteiger partial charge in [0.15, 0.2) is 12.4 Å². The van der Waals surface area contributed by atoms with Crippen molar-refractivity contribution >= 4 is 11.9 Å². The van der Waals surface area contributed by atoms with E-state index in [1.165, 1.54) is 212 Å². The zero-order valence-corrected chi connectivity index (χ0v) is 51.5. The van der Waals surface area contributed by atoms with Crippen LogP contribution in [0.2, 0.25) is 0 Å². The largest absolute Gasteiger partial charge is 0.454 e. The van der Waals surface area contributed by atoms with Crippen LogP contribution in [0.15, 0.2) is 36.5 Å². The molecular weight excluding hydrogens is 991 g/mol. The Morgan fingerprint density at radius 2 is 0.873 bits per heavy atom. The molecule has 464 valence electrons. The number of carbonyl (C=O) groups is 2. The van der Waals surface area contributed by atoms with Gasteiger partial charge >= 0.3 is 5.97 Å². The fraction of sp³-hybridized carbons (Fsp3) is 0.882. The molecule has 0 aromatic rings. The van der Waals surface area contributed by atoms with Crippen LogP contribution in [-0.2, 0) is 23.8 Å². The Morgan fingerprint density at radius 1 is 0.494 bits per heavy atom. The van der Waals surface area contributed by atoms with Gasteiger partial charge in [-0.1, -0.05) is 295 Å². The van der Waals surface area contributed by atoms with Gasteiger partial charge < -0.3 is 45.1 Å². The van der Waals surface area contributed by atoms with Crippen molar-refractivity contribution in [3.05, 3.63) is 36.5 Å². The Labute approximate surface area is 485 Å². The van der Waals surface area contributed by atoms with E-state index in [-0.39, 0.29) is 13.0 Å². The zero-order chi connectivity index (χ0) is 57.5. The minimum absolute atomic E-state index is 0.127. The summed E-state index contributed by atoms with van der Waals surface area (Å²) in [6, 6.07) is -1.02. The molecule has 1 saturated heterocycles. The van der Waals surface area contributed by atoms with Crippen LogP contribution in [0, 0.1) is 0 Å². The Balaban J connectivity index is 2.56. The summed E-state index contributed by atoms with van der Waals surface area (Å²) in [6.07, 6.45) is 57.6. The van der Waals surface area contributed by atoms with Crippen molar-refractivity contribution in [2.45, 2.75) is 372 Å². The average molecular weight is 1120 g/mol. The molecule has 1 aliphatic heterocycles. The van der Waals surface area contributed by atoms with Crippen molar-refractivity contribution < 1.29 is 49.3 Å². The number of aliphatic hydroxyl groups is 5. The van der Waals surface area contributed by atoms with Crippen LogP contribution in [0.5, 0.6) is 0 Å². The summed E-state index contributed by atoms with van der Waals surface area (Å²) < 4.78 is 17.7. The van der Waals surface area contributed by atoms with Gasteiger partial charge in [0, 0.05) is 6.42 Å². The summed E-state index contributed by atoms with van der Waals surface area (Å²) >= 11 is 0. The van der Waals surface area contributed by atoms with Crippen LogP contribution in [0.25, 0.3) is 0 Å². The highest BCUT2D eigenvalue weighted by molar-refractivity contribution is 5.80. The summed E-state index contributed by atoms with van der Waals surface area (Å²) in [4.78, 5) is 26.6. The Morgan fingerprint density at radius 3 is 1.32 bits per heavy atom. The van der Waals surface area contributed by atoms with Crippen LogP contribution in [0.3, 0.4) is 0 Å². The van der Waals surface area contributed by atoms with E-state index >= 15 is 0 Å². The lowest BCUT2D eigenvalue weighted by atomic mass is 9.99. The Bertz CT molecular complexity index is 1420. The summed E-state index contributed by atoms with van der Waals surface area (Å²) in [6.45, 7) is 5.80. The Hall–Kier alpha value is -2.12. The maximum absolute atomic E-state index is 13.4. The van der Waals surface area contributed by atoms with Crippen molar-refractivity contribution in [1.82, 2.24) is 5.32 Å². The predicted octanol–water partition coefficient (Wildman–Crippen LogP) is 16.6. The highest BCUT2D eigenvalue weighted by Crippen LogP contribution is 2.26. The molecule has 6 N–H and O–H groups in total. The number of ether oxygens (including phenoxy) is 3. The number of allylic oxidation sites excluding steroid dienone is 5. The van der Waals surface area contributed by atoms with Crippen LogP contribution in [0.1, 0.15) is 323 Å². The fourth-order valence-corrected chi connectivity index (χ4v) is 10.7. The number of rotatable bonds is 58. The SMILES string of the molecule is CCCCC/C=C\C/C=C\CCCCCCCCCCCCCCCCCC(=O)OC1C(OCC(NC(=O)C(O)CCCCCCCCCCCCCC)C(O)/C=C/CCCCCCCCCCCCC)OC(CO)C(O)C1O. The molecule has 1 heterocycles. The standard InChI is InChI=1S/C68H127NO10/c1-4-7-10-13-16-19-22-25-26-27-28-29-30-31-32-33-34-35-36-38-41-44-47-50-53-56-63(73)79-66-65(75)64(74)62(57-70)78-68(66)77-58-59(60(71)54-51-48-45-42-40-37-23-20-17-14-11-8-5-2)69-67(76)61(72)55-52-49-46-43-39-24-21-18-15-12-9-6-3/h16,19,25-26,51,54,59-62,64-66,68,70-72,74-75H,4-15,17-18,20-24,27-50,52-53,55-58H2,1-3H3,(H,69,76)/b19-16-,26-25-,54-51+. The Kier molecular flexibility index (Phi) is 53.4. The molecule has 79 heavy (non-hydrogen) atoms. The van der Waals surface area contributed by atoms with Crippen LogP contribution < -0.4 is 5.32 Å². The maximum Gasteiger partial charge on any atom is 0.306 e. The van der Waals surface area contributed by atoms with E-state index in [0.717, 1.165) is 64.2 Å². The lowest BCUT2D eigenvalue weighted by Gasteiger charge is -2.41. The molecule has 1 aliphatic rings. The summed E-state index contributed by atoms with van der Waals surface area (Å²) in [5, 5.41) is 57.1. The molecular formula is C68H127NO10. The van der Waals surface area contributed by atoms with Gasteiger partial charge in [-0.3, -0.25) is 9.59 Å². The quantitative estimate of drug-likeness (QED) is 0.0195. The molecule has 0 bridgehead atoms. The van der Waals surface area contributed by atoms with Gasteiger partial charge in [-0.2, -0.15) is 0 Å². The van der Waals surface area contributed by atoms with Gasteiger partial charge in [-0.05, 0) is 57.8 Å². The van der Waals surface area contributed by atoms with Crippen molar-refractivity contribution in [3.63, 3.8) is 0 Å².